The average molecular weight is 363 g/mol. The monoisotopic (exact) mass is 363 g/mol. The Morgan fingerprint density at radius 1 is 1.16 bits per heavy atom. The van der Waals surface area contributed by atoms with E-state index < -0.39 is 6.10 Å². The van der Waals surface area contributed by atoms with Crippen molar-refractivity contribution in [2.75, 3.05) is 19.0 Å². The van der Waals surface area contributed by atoms with Crippen LogP contribution in [0, 0.1) is 0 Å². The van der Waals surface area contributed by atoms with Crippen LogP contribution < -0.4 is 9.47 Å². The van der Waals surface area contributed by atoms with E-state index in [4.69, 9.17) is 9.47 Å². The maximum atomic E-state index is 10.2. The third-order valence-electron chi connectivity index (χ3n) is 3.99. The van der Waals surface area contributed by atoms with Gasteiger partial charge in [0, 0.05) is 18.2 Å². The van der Waals surface area contributed by atoms with Gasteiger partial charge in [-0.15, -0.1) is 10.2 Å². The Labute approximate surface area is 152 Å². The molecule has 0 spiro atoms. The number of nitrogens with zero attached hydrogens (tertiary/aromatic N) is 3. The summed E-state index contributed by atoms with van der Waals surface area (Å²) in [6.07, 6.45) is 1.85. The fourth-order valence-corrected chi connectivity index (χ4v) is 3.47. The fraction of sp³-hybridized carbons (Fsp3) is 0.556. The summed E-state index contributed by atoms with van der Waals surface area (Å²) in [7, 11) is 0. The van der Waals surface area contributed by atoms with Gasteiger partial charge in [-0.2, -0.15) is 0 Å². The molecule has 1 aliphatic carbocycles. The first-order valence-electron chi connectivity index (χ1n) is 8.80. The third-order valence-corrected chi connectivity index (χ3v) is 5.10. The zero-order valence-corrected chi connectivity index (χ0v) is 15.5. The van der Waals surface area contributed by atoms with E-state index in [1.165, 1.54) is 24.6 Å². The molecule has 136 valence electrons. The molecule has 1 heterocycles. The molecule has 1 atom stereocenters. The van der Waals surface area contributed by atoms with E-state index >= 15 is 0 Å². The van der Waals surface area contributed by atoms with Crippen LogP contribution in [0.4, 0.5) is 0 Å². The topological polar surface area (TPSA) is 69.4 Å². The molecule has 0 radical (unpaired) electrons. The van der Waals surface area contributed by atoms with Gasteiger partial charge in [0.05, 0.1) is 12.7 Å². The molecule has 0 amide bonds. The molecule has 3 rings (SSSR count). The molecule has 6 nitrogen and oxygen atoms in total. The molecule has 1 aliphatic rings. The van der Waals surface area contributed by atoms with Crippen LogP contribution in [0.25, 0.3) is 0 Å². The van der Waals surface area contributed by atoms with Crippen molar-refractivity contribution in [2.24, 2.45) is 0 Å². The second-order valence-corrected chi connectivity index (χ2v) is 7.03. The zero-order chi connectivity index (χ0) is 17.6. The molecular formula is C18H25N3O3S. The van der Waals surface area contributed by atoms with Gasteiger partial charge in [0.25, 0.3) is 0 Å². The van der Waals surface area contributed by atoms with Crippen LogP contribution >= 0.6 is 11.8 Å². The van der Waals surface area contributed by atoms with Crippen molar-refractivity contribution in [3.05, 3.63) is 30.1 Å². The van der Waals surface area contributed by atoms with Gasteiger partial charge in [0.2, 0.25) is 0 Å². The van der Waals surface area contributed by atoms with Crippen LogP contribution in [0.1, 0.15) is 38.4 Å². The highest BCUT2D eigenvalue weighted by molar-refractivity contribution is 7.99. The molecule has 0 aliphatic heterocycles. The normalized spacial score (nSPS) is 15.2. The summed E-state index contributed by atoms with van der Waals surface area (Å²) in [5, 5.41) is 19.6. The van der Waals surface area contributed by atoms with Crippen LogP contribution in [-0.4, -0.2) is 44.9 Å². The summed E-state index contributed by atoms with van der Waals surface area (Å²) in [6, 6.07) is 7.42. The molecule has 1 aromatic heterocycles. The molecule has 1 N–H and O–H groups in total. The Balaban J connectivity index is 1.45. The SMILES string of the molecule is CCOc1ccc(OCC(O)CSc2nnc(C3CC3)n2CC)cc1. The lowest BCUT2D eigenvalue weighted by Gasteiger charge is -2.13. The van der Waals surface area contributed by atoms with Crippen LogP contribution in [-0.2, 0) is 6.54 Å². The second kappa shape index (κ2) is 8.58. The number of hydrogen-bond donors (Lipinski definition) is 1. The Hall–Kier alpha value is -1.73. The van der Waals surface area contributed by atoms with Gasteiger partial charge >= 0.3 is 0 Å². The molecule has 1 unspecified atom stereocenters. The van der Waals surface area contributed by atoms with Crippen LogP contribution in [0.3, 0.4) is 0 Å². The minimum Gasteiger partial charge on any atom is -0.494 e. The van der Waals surface area contributed by atoms with E-state index in [0.29, 0.717) is 18.3 Å². The van der Waals surface area contributed by atoms with E-state index in [0.717, 1.165) is 29.0 Å². The van der Waals surface area contributed by atoms with Crippen LogP contribution in [0.5, 0.6) is 11.5 Å². The van der Waals surface area contributed by atoms with Gasteiger partial charge < -0.3 is 19.1 Å². The fourth-order valence-electron chi connectivity index (χ4n) is 2.56. The van der Waals surface area contributed by atoms with Gasteiger partial charge in [-0.3, -0.25) is 0 Å². The van der Waals surface area contributed by atoms with Gasteiger partial charge in [-0.1, -0.05) is 11.8 Å². The minimum absolute atomic E-state index is 0.247. The van der Waals surface area contributed by atoms with Crippen molar-refractivity contribution in [1.29, 1.82) is 0 Å². The highest BCUT2D eigenvalue weighted by Gasteiger charge is 2.30. The van der Waals surface area contributed by atoms with Crippen molar-refractivity contribution in [3.63, 3.8) is 0 Å². The first-order chi connectivity index (χ1) is 12.2. The van der Waals surface area contributed by atoms with Crippen molar-refractivity contribution < 1.29 is 14.6 Å². The predicted molar refractivity (Wildman–Crippen MR) is 97.5 cm³/mol. The molecule has 7 heteroatoms. The van der Waals surface area contributed by atoms with Crippen molar-refractivity contribution in [2.45, 2.75) is 50.4 Å². The van der Waals surface area contributed by atoms with E-state index in [2.05, 4.69) is 21.7 Å². The Bertz CT molecular complexity index is 671. The Kier molecular flexibility index (Phi) is 6.20. The Morgan fingerprint density at radius 2 is 1.84 bits per heavy atom. The minimum atomic E-state index is -0.567. The lowest BCUT2D eigenvalue weighted by molar-refractivity contribution is 0.126. The van der Waals surface area contributed by atoms with E-state index in [9.17, 15) is 5.11 Å². The van der Waals surface area contributed by atoms with E-state index in [1.54, 1.807) is 0 Å². The number of rotatable bonds is 10. The number of thioether (sulfide) groups is 1. The number of aliphatic hydroxyl groups is 1. The predicted octanol–water partition coefficient (Wildman–Crippen LogP) is 3.11. The lowest BCUT2D eigenvalue weighted by Crippen LogP contribution is -2.20. The summed E-state index contributed by atoms with van der Waals surface area (Å²) in [5.41, 5.74) is 0. The smallest absolute Gasteiger partial charge is 0.191 e. The first kappa shape index (κ1) is 18.1. The number of hydrogen-bond acceptors (Lipinski definition) is 6. The average Bonchev–Trinajstić information content (AvgIpc) is 3.39. The maximum absolute atomic E-state index is 10.2. The van der Waals surface area contributed by atoms with Gasteiger partial charge in [-0.05, 0) is 51.0 Å². The molecule has 0 bridgehead atoms. The Morgan fingerprint density at radius 3 is 2.44 bits per heavy atom. The summed E-state index contributed by atoms with van der Waals surface area (Å²) in [4.78, 5) is 0. The highest BCUT2D eigenvalue weighted by Crippen LogP contribution is 2.40. The molecule has 1 fully saturated rings. The zero-order valence-electron chi connectivity index (χ0n) is 14.7. The maximum Gasteiger partial charge on any atom is 0.191 e. The number of aromatic nitrogens is 3. The number of ether oxygens (including phenoxy) is 2. The molecule has 1 aromatic carbocycles. The van der Waals surface area contributed by atoms with Gasteiger partial charge in [0.1, 0.15) is 23.9 Å². The summed E-state index contributed by atoms with van der Waals surface area (Å²) in [6.45, 7) is 5.80. The van der Waals surface area contributed by atoms with E-state index in [1.807, 2.05) is 31.2 Å². The molecule has 25 heavy (non-hydrogen) atoms. The van der Waals surface area contributed by atoms with Crippen LogP contribution in [0.15, 0.2) is 29.4 Å². The summed E-state index contributed by atoms with van der Waals surface area (Å²) < 4.78 is 13.2. The number of benzene rings is 1. The molecular weight excluding hydrogens is 338 g/mol. The van der Waals surface area contributed by atoms with Gasteiger partial charge in [0.15, 0.2) is 5.16 Å². The summed E-state index contributed by atoms with van der Waals surface area (Å²) in [5.74, 6) is 3.73. The van der Waals surface area contributed by atoms with Crippen molar-refractivity contribution in [1.82, 2.24) is 14.8 Å². The highest BCUT2D eigenvalue weighted by atomic mass is 32.2. The second-order valence-electron chi connectivity index (χ2n) is 6.04. The first-order valence-corrected chi connectivity index (χ1v) is 9.79. The summed E-state index contributed by atoms with van der Waals surface area (Å²) >= 11 is 1.53. The van der Waals surface area contributed by atoms with Crippen molar-refractivity contribution >= 4 is 11.8 Å². The largest absolute Gasteiger partial charge is 0.494 e. The quantitative estimate of drug-likeness (QED) is 0.654. The lowest BCUT2D eigenvalue weighted by atomic mass is 10.3. The third kappa shape index (κ3) is 4.89. The molecule has 1 saturated carbocycles. The van der Waals surface area contributed by atoms with Crippen molar-refractivity contribution in [3.8, 4) is 11.5 Å². The van der Waals surface area contributed by atoms with E-state index in [-0.39, 0.29) is 6.61 Å². The number of aliphatic hydroxyl groups excluding tert-OH is 1. The van der Waals surface area contributed by atoms with Crippen LogP contribution in [0.2, 0.25) is 0 Å². The molecule has 0 saturated heterocycles. The standard InChI is InChI=1S/C18H25N3O3S/c1-3-21-17(13-5-6-13)19-20-18(21)25-12-14(22)11-24-16-9-7-15(8-10-16)23-4-2/h7-10,13-14,22H,3-6,11-12H2,1-2H3. The van der Waals surface area contributed by atoms with Gasteiger partial charge in [-0.25, -0.2) is 0 Å². The molecule has 2 aromatic rings.